The van der Waals surface area contributed by atoms with Crippen molar-refractivity contribution in [1.82, 2.24) is 10.3 Å². The number of pyridine rings is 1. The number of nitrogens with zero attached hydrogens (tertiary/aromatic N) is 2. The fourth-order valence-electron chi connectivity index (χ4n) is 1.45. The molecule has 1 fully saturated rings. The van der Waals surface area contributed by atoms with Gasteiger partial charge in [-0.05, 0) is 25.0 Å². The van der Waals surface area contributed by atoms with E-state index in [1.807, 2.05) is 24.3 Å². The van der Waals surface area contributed by atoms with Gasteiger partial charge in [0, 0.05) is 24.4 Å². The standard InChI is InChI=1S/C12H13N3O/c13-8-9(12(16)15-10-4-5-10)7-11-3-1-2-6-14-11/h1-3,6,9-10H,4-5,7H2,(H,15,16). The van der Waals surface area contributed by atoms with Gasteiger partial charge in [-0.15, -0.1) is 0 Å². The summed E-state index contributed by atoms with van der Waals surface area (Å²) < 4.78 is 0. The molecule has 1 aliphatic rings. The van der Waals surface area contributed by atoms with Crippen LogP contribution in [-0.2, 0) is 11.2 Å². The molecule has 82 valence electrons. The molecule has 2 rings (SSSR count). The van der Waals surface area contributed by atoms with Gasteiger partial charge in [0.25, 0.3) is 0 Å². The first-order valence-electron chi connectivity index (χ1n) is 5.39. The Balaban J connectivity index is 1.95. The number of aromatic nitrogens is 1. The van der Waals surface area contributed by atoms with Gasteiger partial charge in [-0.3, -0.25) is 9.78 Å². The summed E-state index contributed by atoms with van der Waals surface area (Å²) >= 11 is 0. The zero-order valence-electron chi connectivity index (χ0n) is 8.89. The van der Waals surface area contributed by atoms with E-state index in [0.717, 1.165) is 18.5 Å². The van der Waals surface area contributed by atoms with Gasteiger partial charge < -0.3 is 5.32 Å². The van der Waals surface area contributed by atoms with Crippen LogP contribution in [0.2, 0.25) is 0 Å². The van der Waals surface area contributed by atoms with Crippen LogP contribution in [0.5, 0.6) is 0 Å². The van der Waals surface area contributed by atoms with E-state index in [4.69, 9.17) is 5.26 Å². The normalized spacial score (nSPS) is 16.2. The van der Waals surface area contributed by atoms with Crippen molar-refractivity contribution < 1.29 is 4.79 Å². The van der Waals surface area contributed by atoms with Crippen LogP contribution < -0.4 is 5.32 Å². The van der Waals surface area contributed by atoms with Crippen molar-refractivity contribution >= 4 is 5.91 Å². The molecule has 1 unspecified atom stereocenters. The van der Waals surface area contributed by atoms with Gasteiger partial charge in [-0.2, -0.15) is 5.26 Å². The molecule has 1 N–H and O–H groups in total. The average Bonchev–Trinajstić information content (AvgIpc) is 3.11. The zero-order valence-corrected chi connectivity index (χ0v) is 8.89. The molecule has 0 saturated heterocycles. The summed E-state index contributed by atoms with van der Waals surface area (Å²) in [6.07, 6.45) is 4.12. The number of nitriles is 1. The summed E-state index contributed by atoms with van der Waals surface area (Å²) in [6.45, 7) is 0. The van der Waals surface area contributed by atoms with Crippen LogP contribution in [0, 0.1) is 17.2 Å². The van der Waals surface area contributed by atoms with E-state index in [2.05, 4.69) is 10.3 Å². The van der Waals surface area contributed by atoms with Crippen LogP contribution in [0.25, 0.3) is 0 Å². The topological polar surface area (TPSA) is 65.8 Å². The highest BCUT2D eigenvalue weighted by Crippen LogP contribution is 2.19. The Morgan fingerprint density at radius 1 is 1.62 bits per heavy atom. The molecule has 1 aromatic heterocycles. The van der Waals surface area contributed by atoms with Crippen LogP contribution in [0.15, 0.2) is 24.4 Å². The molecule has 16 heavy (non-hydrogen) atoms. The maximum Gasteiger partial charge on any atom is 0.237 e. The Morgan fingerprint density at radius 2 is 2.44 bits per heavy atom. The first kappa shape index (κ1) is 10.6. The van der Waals surface area contributed by atoms with E-state index in [0.29, 0.717) is 12.5 Å². The van der Waals surface area contributed by atoms with Gasteiger partial charge in [0.2, 0.25) is 5.91 Å². The van der Waals surface area contributed by atoms with Crippen molar-refractivity contribution in [3.8, 4) is 6.07 Å². The van der Waals surface area contributed by atoms with Gasteiger partial charge >= 0.3 is 0 Å². The predicted molar refractivity (Wildman–Crippen MR) is 58.2 cm³/mol. The second kappa shape index (κ2) is 4.75. The largest absolute Gasteiger partial charge is 0.352 e. The summed E-state index contributed by atoms with van der Waals surface area (Å²) in [5.41, 5.74) is 0.778. The van der Waals surface area contributed by atoms with Crippen molar-refractivity contribution in [1.29, 1.82) is 5.26 Å². The molecule has 0 radical (unpaired) electrons. The average molecular weight is 215 g/mol. The molecule has 0 aliphatic heterocycles. The fraction of sp³-hybridized carbons (Fsp3) is 0.417. The van der Waals surface area contributed by atoms with E-state index in [-0.39, 0.29) is 5.91 Å². The summed E-state index contributed by atoms with van der Waals surface area (Å²) in [4.78, 5) is 15.8. The molecular weight excluding hydrogens is 202 g/mol. The predicted octanol–water partition coefficient (Wildman–Crippen LogP) is 1.04. The second-order valence-corrected chi connectivity index (χ2v) is 3.99. The third-order valence-corrected chi connectivity index (χ3v) is 2.54. The van der Waals surface area contributed by atoms with Crippen LogP contribution in [0.3, 0.4) is 0 Å². The Morgan fingerprint density at radius 3 is 3.00 bits per heavy atom. The van der Waals surface area contributed by atoms with E-state index in [9.17, 15) is 4.79 Å². The molecule has 0 aromatic carbocycles. The van der Waals surface area contributed by atoms with E-state index in [1.54, 1.807) is 6.20 Å². The Bertz CT molecular complexity index is 406. The van der Waals surface area contributed by atoms with Gasteiger partial charge in [0.05, 0.1) is 6.07 Å². The number of hydrogen-bond acceptors (Lipinski definition) is 3. The lowest BCUT2D eigenvalue weighted by molar-refractivity contribution is -0.123. The fourth-order valence-corrected chi connectivity index (χ4v) is 1.45. The molecule has 0 spiro atoms. The molecule has 1 amide bonds. The lowest BCUT2D eigenvalue weighted by atomic mass is 10.0. The minimum absolute atomic E-state index is 0.171. The molecular formula is C12H13N3O. The Labute approximate surface area is 94.3 Å². The van der Waals surface area contributed by atoms with Gasteiger partial charge in [0.1, 0.15) is 5.92 Å². The minimum atomic E-state index is -0.629. The van der Waals surface area contributed by atoms with Crippen molar-refractivity contribution in [3.63, 3.8) is 0 Å². The second-order valence-electron chi connectivity index (χ2n) is 3.99. The quantitative estimate of drug-likeness (QED) is 0.816. The molecule has 0 bridgehead atoms. The highest BCUT2D eigenvalue weighted by Gasteiger charge is 2.27. The summed E-state index contributed by atoms with van der Waals surface area (Å²) in [5, 5.41) is 11.8. The number of carbonyl (C=O) groups excluding carboxylic acids is 1. The SMILES string of the molecule is N#CC(Cc1ccccn1)C(=O)NC1CC1. The zero-order chi connectivity index (χ0) is 11.4. The molecule has 4 heteroatoms. The maximum absolute atomic E-state index is 11.7. The summed E-state index contributed by atoms with van der Waals surface area (Å²) in [5.74, 6) is -0.800. The summed E-state index contributed by atoms with van der Waals surface area (Å²) in [6, 6.07) is 7.83. The minimum Gasteiger partial charge on any atom is -0.352 e. The van der Waals surface area contributed by atoms with Crippen LogP contribution in [0.4, 0.5) is 0 Å². The van der Waals surface area contributed by atoms with Crippen molar-refractivity contribution in [3.05, 3.63) is 30.1 Å². The number of nitrogens with one attached hydrogen (secondary N) is 1. The van der Waals surface area contributed by atoms with Crippen LogP contribution >= 0.6 is 0 Å². The molecule has 1 heterocycles. The van der Waals surface area contributed by atoms with E-state index < -0.39 is 5.92 Å². The highest BCUT2D eigenvalue weighted by atomic mass is 16.2. The molecule has 1 aromatic rings. The Kier molecular flexibility index (Phi) is 3.16. The number of rotatable bonds is 4. The summed E-state index contributed by atoms with van der Waals surface area (Å²) in [7, 11) is 0. The van der Waals surface area contributed by atoms with Crippen LogP contribution in [0.1, 0.15) is 18.5 Å². The number of hydrogen-bond donors (Lipinski definition) is 1. The van der Waals surface area contributed by atoms with Crippen molar-refractivity contribution in [2.45, 2.75) is 25.3 Å². The third-order valence-electron chi connectivity index (χ3n) is 2.54. The molecule has 1 saturated carbocycles. The number of amides is 1. The monoisotopic (exact) mass is 215 g/mol. The third kappa shape index (κ3) is 2.80. The maximum atomic E-state index is 11.7. The van der Waals surface area contributed by atoms with Gasteiger partial charge in [-0.1, -0.05) is 6.07 Å². The van der Waals surface area contributed by atoms with Crippen molar-refractivity contribution in [2.75, 3.05) is 0 Å². The smallest absolute Gasteiger partial charge is 0.237 e. The van der Waals surface area contributed by atoms with Crippen LogP contribution in [-0.4, -0.2) is 16.9 Å². The molecule has 1 atom stereocenters. The van der Waals surface area contributed by atoms with Gasteiger partial charge in [0.15, 0.2) is 0 Å². The lowest BCUT2D eigenvalue weighted by Crippen LogP contribution is -2.32. The first-order valence-corrected chi connectivity index (χ1v) is 5.39. The highest BCUT2D eigenvalue weighted by molar-refractivity contribution is 5.81. The van der Waals surface area contributed by atoms with E-state index in [1.165, 1.54) is 0 Å². The Hall–Kier alpha value is -1.89. The number of carbonyl (C=O) groups is 1. The van der Waals surface area contributed by atoms with E-state index >= 15 is 0 Å². The molecule has 4 nitrogen and oxygen atoms in total. The first-order chi connectivity index (χ1) is 7.79. The lowest BCUT2D eigenvalue weighted by Gasteiger charge is -2.08. The van der Waals surface area contributed by atoms with Crippen molar-refractivity contribution in [2.24, 2.45) is 5.92 Å². The van der Waals surface area contributed by atoms with Gasteiger partial charge in [-0.25, -0.2) is 0 Å². The molecule has 1 aliphatic carbocycles.